The summed E-state index contributed by atoms with van der Waals surface area (Å²) in [4.78, 5) is 20.7. The molecule has 0 fully saturated rings. The zero-order chi connectivity index (χ0) is 19.8. The first-order valence-electron chi connectivity index (χ1n) is 8.47. The fourth-order valence-electron chi connectivity index (χ4n) is 2.41. The number of hydrogen-bond acceptors (Lipinski definition) is 8. The number of hydrogen-bond donors (Lipinski definition) is 0. The molecule has 0 unspecified atom stereocenters. The number of rotatable bonds is 9. The van der Waals surface area contributed by atoms with E-state index in [1.54, 1.807) is 29.8 Å². The molecular formula is C19H24N2O4S2. The van der Waals surface area contributed by atoms with Crippen LogP contribution in [0.3, 0.4) is 0 Å². The quantitative estimate of drug-likeness (QED) is 0.352. The van der Waals surface area contributed by atoms with Crippen molar-refractivity contribution in [2.24, 2.45) is 5.92 Å². The first-order chi connectivity index (χ1) is 13.0. The van der Waals surface area contributed by atoms with Gasteiger partial charge >= 0.3 is 5.97 Å². The van der Waals surface area contributed by atoms with Crippen molar-refractivity contribution in [2.45, 2.75) is 26.4 Å². The lowest BCUT2D eigenvalue weighted by Gasteiger charge is -2.21. The van der Waals surface area contributed by atoms with Crippen molar-refractivity contribution in [3.05, 3.63) is 39.4 Å². The van der Waals surface area contributed by atoms with E-state index in [0.29, 0.717) is 5.76 Å². The highest BCUT2D eigenvalue weighted by atomic mass is 32.1. The van der Waals surface area contributed by atoms with E-state index < -0.39 is 5.97 Å². The molecule has 0 aliphatic rings. The Morgan fingerprint density at radius 1 is 1.19 bits per heavy atom. The van der Waals surface area contributed by atoms with E-state index in [9.17, 15) is 4.79 Å². The lowest BCUT2D eigenvalue weighted by Crippen LogP contribution is -2.21. The third-order valence-corrected chi connectivity index (χ3v) is 5.84. The van der Waals surface area contributed by atoms with Crippen molar-refractivity contribution >= 4 is 34.7 Å². The van der Waals surface area contributed by atoms with Gasteiger partial charge in [-0.05, 0) is 12.5 Å². The van der Waals surface area contributed by atoms with E-state index in [1.807, 2.05) is 29.8 Å². The van der Waals surface area contributed by atoms with E-state index in [4.69, 9.17) is 9.47 Å². The van der Waals surface area contributed by atoms with Crippen LogP contribution in [-0.4, -0.2) is 43.4 Å². The fourth-order valence-corrected chi connectivity index (χ4v) is 3.96. The molecule has 0 aliphatic carbocycles. The summed E-state index contributed by atoms with van der Waals surface area (Å²) in [5.41, 5.74) is 1.76. The van der Waals surface area contributed by atoms with Crippen molar-refractivity contribution in [2.75, 3.05) is 21.3 Å². The molecule has 0 aliphatic heterocycles. The monoisotopic (exact) mass is 408 g/mol. The Bertz CT molecular complexity index is 810. The summed E-state index contributed by atoms with van der Waals surface area (Å²) in [7, 11) is 4.47. The third-order valence-electron chi connectivity index (χ3n) is 3.96. The van der Waals surface area contributed by atoms with Crippen LogP contribution in [0.4, 0.5) is 0 Å². The molecule has 0 radical (unpaired) electrons. The number of aromatic nitrogens is 2. The second-order valence-corrected chi connectivity index (χ2v) is 7.48. The molecule has 0 amide bonds. The van der Waals surface area contributed by atoms with Crippen molar-refractivity contribution in [3.8, 4) is 10.7 Å². The normalized spacial score (nSPS) is 14.3. The van der Waals surface area contributed by atoms with Gasteiger partial charge in [-0.1, -0.05) is 19.9 Å². The van der Waals surface area contributed by atoms with E-state index in [0.717, 1.165) is 27.8 Å². The Morgan fingerprint density at radius 3 is 2.56 bits per heavy atom. The van der Waals surface area contributed by atoms with Crippen LogP contribution in [-0.2, 0) is 25.4 Å². The predicted molar refractivity (Wildman–Crippen MR) is 109 cm³/mol. The number of esters is 1. The number of carbonyl (C=O) groups is 1. The number of ether oxygens (including phenoxy) is 3. The molecule has 0 bridgehead atoms. The molecule has 0 aromatic carbocycles. The van der Waals surface area contributed by atoms with Gasteiger partial charge in [-0.2, -0.15) is 0 Å². The zero-order valence-corrected chi connectivity index (χ0v) is 17.7. The Hall–Kier alpha value is -2.03. The maximum Gasteiger partial charge on any atom is 0.333 e. The predicted octanol–water partition coefficient (Wildman–Crippen LogP) is 4.20. The van der Waals surface area contributed by atoms with Gasteiger partial charge in [0.05, 0.1) is 37.1 Å². The largest absolute Gasteiger partial charge is 0.500 e. The molecule has 2 aromatic rings. The van der Waals surface area contributed by atoms with Crippen LogP contribution in [0.2, 0.25) is 0 Å². The standard InChI is InChI=1S/C19H24N2O4S2/c1-6-17-21-14(11-26-17)19-20-13(10-27-19)7-8-15(23-3)12(2)16(24-4)9-18(22)25-5/h7-12,15H,6H2,1-5H3/b8-7+,16-9+/t12-,15+/m0/s1. The molecule has 0 saturated heterocycles. The van der Waals surface area contributed by atoms with Crippen molar-refractivity contribution in [1.82, 2.24) is 9.97 Å². The maximum absolute atomic E-state index is 11.5. The van der Waals surface area contributed by atoms with Gasteiger partial charge in [0, 0.05) is 23.8 Å². The Labute approximate surface area is 167 Å². The first-order valence-corrected chi connectivity index (χ1v) is 10.2. The van der Waals surface area contributed by atoms with Crippen LogP contribution in [0.25, 0.3) is 16.8 Å². The molecule has 2 rings (SSSR count). The van der Waals surface area contributed by atoms with E-state index in [2.05, 4.69) is 21.6 Å². The highest BCUT2D eigenvalue weighted by Gasteiger charge is 2.20. The molecule has 0 spiro atoms. The van der Waals surface area contributed by atoms with Crippen molar-refractivity contribution in [3.63, 3.8) is 0 Å². The van der Waals surface area contributed by atoms with E-state index >= 15 is 0 Å². The summed E-state index contributed by atoms with van der Waals surface area (Å²) >= 11 is 3.21. The topological polar surface area (TPSA) is 70.5 Å². The van der Waals surface area contributed by atoms with E-state index in [1.165, 1.54) is 20.3 Å². The highest BCUT2D eigenvalue weighted by Crippen LogP contribution is 2.26. The van der Waals surface area contributed by atoms with Gasteiger partial charge < -0.3 is 14.2 Å². The van der Waals surface area contributed by atoms with E-state index in [-0.39, 0.29) is 12.0 Å². The molecule has 8 heteroatoms. The van der Waals surface area contributed by atoms with Crippen LogP contribution >= 0.6 is 22.7 Å². The van der Waals surface area contributed by atoms with Gasteiger partial charge in [-0.3, -0.25) is 0 Å². The van der Waals surface area contributed by atoms with Gasteiger partial charge in [-0.25, -0.2) is 14.8 Å². The summed E-state index contributed by atoms with van der Waals surface area (Å²) in [6, 6.07) is 0. The van der Waals surface area contributed by atoms with Gasteiger partial charge in [0.1, 0.15) is 16.5 Å². The summed E-state index contributed by atoms with van der Waals surface area (Å²) in [6.07, 6.45) is 5.79. The fraction of sp³-hybridized carbons (Fsp3) is 0.421. The number of nitrogens with zero attached hydrogens (tertiary/aromatic N) is 2. The molecular weight excluding hydrogens is 384 g/mol. The highest BCUT2D eigenvalue weighted by molar-refractivity contribution is 7.14. The molecule has 2 atom stereocenters. The summed E-state index contributed by atoms with van der Waals surface area (Å²) in [5, 5.41) is 6.02. The number of thiazole rings is 2. The van der Waals surface area contributed by atoms with Crippen LogP contribution in [0, 0.1) is 5.92 Å². The average molecular weight is 409 g/mol. The first kappa shape index (κ1) is 21.3. The lowest BCUT2D eigenvalue weighted by atomic mass is 10.0. The minimum atomic E-state index is -0.462. The van der Waals surface area contributed by atoms with Crippen molar-refractivity contribution in [1.29, 1.82) is 0 Å². The second kappa shape index (κ2) is 10.3. The molecule has 2 aromatic heterocycles. The lowest BCUT2D eigenvalue weighted by molar-refractivity contribution is -0.135. The average Bonchev–Trinajstić information content (AvgIpc) is 3.35. The van der Waals surface area contributed by atoms with Gasteiger partial charge in [0.2, 0.25) is 0 Å². The number of carbonyl (C=O) groups excluding carboxylic acids is 1. The molecule has 0 saturated carbocycles. The van der Waals surface area contributed by atoms with Gasteiger partial charge in [0.15, 0.2) is 0 Å². The number of aryl methyl sites for hydroxylation is 1. The SMILES string of the molecule is CCc1nc(-c2nc(/C=C/[C@@H](OC)[C@H](C)/C(=C\C(=O)OC)OC)cs2)cs1. The van der Waals surface area contributed by atoms with Crippen molar-refractivity contribution < 1.29 is 19.0 Å². The molecule has 0 N–H and O–H groups in total. The summed E-state index contributed by atoms with van der Waals surface area (Å²) < 4.78 is 15.5. The van der Waals surface area contributed by atoms with Crippen LogP contribution < -0.4 is 0 Å². The molecule has 146 valence electrons. The zero-order valence-electron chi connectivity index (χ0n) is 16.1. The van der Waals surface area contributed by atoms with Gasteiger partial charge in [-0.15, -0.1) is 22.7 Å². The molecule has 6 nitrogen and oxygen atoms in total. The van der Waals surface area contributed by atoms with Crippen LogP contribution in [0.5, 0.6) is 0 Å². The van der Waals surface area contributed by atoms with Gasteiger partial charge in [0.25, 0.3) is 0 Å². The second-order valence-electron chi connectivity index (χ2n) is 5.68. The number of methoxy groups -OCH3 is 3. The minimum absolute atomic E-state index is 0.167. The Morgan fingerprint density at radius 2 is 1.96 bits per heavy atom. The molecule has 27 heavy (non-hydrogen) atoms. The Balaban J connectivity index is 2.12. The summed E-state index contributed by atoms with van der Waals surface area (Å²) in [6.45, 7) is 4.01. The van der Waals surface area contributed by atoms with Crippen LogP contribution in [0.1, 0.15) is 24.5 Å². The third kappa shape index (κ3) is 5.72. The van der Waals surface area contributed by atoms with Crippen LogP contribution in [0.15, 0.2) is 28.7 Å². The molecule has 2 heterocycles. The Kier molecular flexibility index (Phi) is 8.15. The maximum atomic E-state index is 11.5. The minimum Gasteiger partial charge on any atom is -0.500 e. The smallest absolute Gasteiger partial charge is 0.333 e. The summed E-state index contributed by atoms with van der Waals surface area (Å²) in [5.74, 6) is -0.137.